The summed E-state index contributed by atoms with van der Waals surface area (Å²) in [5.41, 5.74) is 0.334. The zero-order valence-corrected chi connectivity index (χ0v) is 16.8. The number of nitrogens with zero attached hydrogens (tertiary/aromatic N) is 1. The Labute approximate surface area is 163 Å². The highest BCUT2D eigenvalue weighted by Crippen LogP contribution is 2.27. The number of carbonyl (C=O) groups is 1. The molecule has 2 aromatic rings. The van der Waals surface area contributed by atoms with Gasteiger partial charge in [-0.3, -0.25) is 9.10 Å². The summed E-state index contributed by atoms with van der Waals surface area (Å²) in [6.45, 7) is 3.48. The van der Waals surface area contributed by atoms with E-state index in [9.17, 15) is 13.2 Å². The zero-order valence-electron chi connectivity index (χ0n) is 15.1. The van der Waals surface area contributed by atoms with E-state index in [4.69, 9.17) is 4.74 Å². The number of methoxy groups -OCH3 is 1. The Balaban J connectivity index is 2.40. The van der Waals surface area contributed by atoms with E-state index in [2.05, 4.69) is 11.3 Å². The molecule has 0 heterocycles. The monoisotopic (exact) mass is 407 g/mol. The Morgan fingerprint density at radius 1 is 1.15 bits per heavy atom. The van der Waals surface area contributed by atoms with Crippen molar-refractivity contribution in [3.05, 3.63) is 61.2 Å². The molecule has 0 aliphatic heterocycles. The fourth-order valence-corrected chi connectivity index (χ4v) is 4.05. The van der Waals surface area contributed by atoms with Gasteiger partial charge in [0.15, 0.2) is 0 Å². The lowest BCUT2D eigenvalue weighted by molar-refractivity contribution is -0.138. The third kappa shape index (κ3) is 5.27. The van der Waals surface area contributed by atoms with Gasteiger partial charge >= 0.3 is 5.97 Å². The lowest BCUT2D eigenvalue weighted by Gasteiger charge is -2.23. The second kappa shape index (κ2) is 9.48. The van der Waals surface area contributed by atoms with Gasteiger partial charge in [-0.25, -0.2) is 8.42 Å². The highest BCUT2D eigenvalue weighted by atomic mass is 32.2. The molecule has 8 heteroatoms. The summed E-state index contributed by atoms with van der Waals surface area (Å²) in [6, 6.07) is 12.9. The molecule has 0 atom stereocenters. The van der Waals surface area contributed by atoms with Crippen molar-refractivity contribution in [2.24, 2.45) is 0 Å². The maximum absolute atomic E-state index is 13.1. The van der Waals surface area contributed by atoms with Crippen molar-refractivity contribution in [3.8, 4) is 5.75 Å². The van der Waals surface area contributed by atoms with Crippen LogP contribution in [0.15, 0.2) is 71.0 Å². The molecule has 2 aromatic carbocycles. The Hall–Kier alpha value is -2.45. The molecule has 0 amide bonds. The molecule has 27 heavy (non-hydrogen) atoms. The summed E-state index contributed by atoms with van der Waals surface area (Å²) in [7, 11) is -2.73. The van der Waals surface area contributed by atoms with Gasteiger partial charge in [0.2, 0.25) is 0 Å². The first kappa shape index (κ1) is 20.9. The van der Waals surface area contributed by atoms with Crippen LogP contribution in [0.2, 0.25) is 0 Å². The summed E-state index contributed by atoms with van der Waals surface area (Å²) in [4.78, 5) is 12.9. The van der Waals surface area contributed by atoms with Crippen molar-refractivity contribution in [2.75, 3.05) is 30.8 Å². The van der Waals surface area contributed by atoms with Gasteiger partial charge in [0, 0.05) is 4.90 Å². The van der Waals surface area contributed by atoms with Crippen molar-refractivity contribution in [2.45, 2.75) is 9.79 Å². The highest BCUT2D eigenvalue weighted by Gasteiger charge is 2.27. The largest absolute Gasteiger partial charge is 0.490 e. The SMILES string of the molecule is C=CCOc1ccc(N(CC(=O)OC)S(=O)(=O)c2ccc(SC)cc2)cc1. The van der Waals surface area contributed by atoms with Crippen LogP contribution in [-0.4, -0.2) is 40.9 Å². The predicted molar refractivity (Wildman–Crippen MR) is 107 cm³/mol. The molecular formula is C19H21NO5S2. The number of esters is 1. The van der Waals surface area contributed by atoms with Gasteiger partial charge < -0.3 is 9.47 Å². The van der Waals surface area contributed by atoms with E-state index in [-0.39, 0.29) is 4.90 Å². The number of thioether (sulfide) groups is 1. The summed E-state index contributed by atoms with van der Waals surface area (Å²) in [5, 5.41) is 0. The van der Waals surface area contributed by atoms with E-state index >= 15 is 0 Å². The van der Waals surface area contributed by atoms with E-state index in [1.807, 2.05) is 6.26 Å². The molecule has 0 aliphatic carbocycles. The molecule has 0 spiro atoms. The van der Waals surface area contributed by atoms with Gasteiger partial charge in [0.05, 0.1) is 17.7 Å². The maximum atomic E-state index is 13.1. The molecule has 0 radical (unpaired) electrons. The molecule has 0 aliphatic rings. The van der Waals surface area contributed by atoms with Gasteiger partial charge in [-0.1, -0.05) is 12.7 Å². The first-order valence-electron chi connectivity index (χ1n) is 7.99. The minimum absolute atomic E-state index is 0.0937. The van der Waals surface area contributed by atoms with Crippen LogP contribution in [0.5, 0.6) is 5.75 Å². The molecule has 0 N–H and O–H groups in total. The summed E-state index contributed by atoms with van der Waals surface area (Å²) < 4.78 is 37.3. The van der Waals surface area contributed by atoms with Gasteiger partial charge in [-0.2, -0.15) is 0 Å². The zero-order chi connectivity index (χ0) is 19.9. The highest BCUT2D eigenvalue weighted by molar-refractivity contribution is 7.98. The molecule has 144 valence electrons. The Morgan fingerprint density at radius 3 is 2.30 bits per heavy atom. The van der Waals surface area contributed by atoms with Crippen LogP contribution in [0.4, 0.5) is 5.69 Å². The third-order valence-electron chi connectivity index (χ3n) is 3.64. The van der Waals surface area contributed by atoms with Crippen molar-refractivity contribution < 1.29 is 22.7 Å². The first-order chi connectivity index (χ1) is 12.9. The Kier molecular flexibility index (Phi) is 7.32. The molecule has 0 saturated carbocycles. The van der Waals surface area contributed by atoms with Gasteiger partial charge in [0.25, 0.3) is 10.0 Å². The topological polar surface area (TPSA) is 72.9 Å². The van der Waals surface area contributed by atoms with Gasteiger partial charge in [-0.05, 0) is 54.8 Å². The predicted octanol–water partition coefficient (Wildman–Crippen LogP) is 3.34. The number of hydrogen-bond acceptors (Lipinski definition) is 6. The minimum Gasteiger partial charge on any atom is -0.490 e. The molecular weight excluding hydrogens is 386 g/mol. The van der Waals surface area contributed by atoms with Crippen molar-refractivity contribution in [1.82, 2.24) is 0 Å². The molecule has 0 saturated heterocycles. The van der Waals surface area contributed by atoms with Crippen molar-refractivity contribution in [3.63, 3.8) is 0 Å². The van der Waals surface area contributed by atoms with Crippen molar-refractivity contribution >= 4 is 33.4 Å². The average molecular weight is 408 g/mol. The minimum atomic E-state index is -3.95. The fourth-order valence-electron chi connectivity index (χ4n) is 2.24. The van der Waals surface area contributed by atoms with Crippen LogP contribution < -0.4 is 9.04 Å². The Morgan fingerprint density at radius 2 is 1.78 bits per heavy atom. The van der Waals surface area contributed by atoms with Crippen LogP contribution in [0.3, 0.4) is 0 Å². The van der Waals surface area contributed by atoms with Crippen LogP contribution in [0.25, 0.3) is 0 Å². The number of benzene rings is 2. The number of hydrogen-bond donors (Lipinski definition) is 0. The van der Waals surface area contributed by atoms with E-state index < -0.39 is 22.5 Å². The molecule has 2 rings (SSSR count). The van der Waals surface area contributed by atoms with E-state index in [1.54, 1.807) is 42.5 Å². The summed E-state index contributed by atoms with van der Waals surface area (Å²) in [6.07, 6.45) is 3.52. The second-order valence-electron chi connectivity index (χ2n) is 5.36. The molecule has 0 bridgehead atoms. The van der Waals surface area contributed by atoms with Gasteiger partial charge in [-0.15, -0.1) is 11.8 Å². The van der Waals surface area contributed by atoms with Gasteiger partial charge in [0.1, 0.15) is 18.9 Å². The van der Waals surface area contributed by atoms with E-state index in [1.165, 1.54) is 31.0 Å². The van der Waals surface area contributed by atoms with Crippen LogP contribution in [-0.2, 0) is 19.6 Å². The summed E-state index contributed by atoms with van der Waals surface area (Å²) in [5.74, 6) is -0.0929. The number of carbonyl (C=O) groups excluding carboxylic acids is 1. The normalized spacial score (nSPS) is 10.9. The van der Waals surface area contributed by atoms with E-state index in [0.717, 1.165) is 9.20 Å². The number of rotatable bonds is 9. The van der Waals surface area contributed by atoms with E-state index in [0.29, 0.717) is 18.0 Å². The van der Waals surface area contributed by atoms with Crippen LogP contribution in [0.1, 0.15) is 0 Å². The average Bonchev–Trinajstić information content (AvgIpc) is 2.70. The number of anilines is 1. The number of sulfonamides is 1. The van der Waals surface area contributed by atoms with Crippen LogP contribution in [0, 0.1) is 0 Å². The molecule has 6 nitrogen and oxygen atoms in total. The lowest BCUT2D eigenvalue weighted by Crippen LogP contribution is -2.36. The Bertz CT molecular complexity index is 877. The maximum Gasteiger partial charge on any atom is 0.326 e. The van der Waals surface area contributed by atoms with Crippen LogP contribution >= 0.6 is 11.8 Å². The first-order valence-corrected chi connectivity index (χ1v) is 10.7. The molecule has 0 aromatic heterocycles. The second-order valence-corrected chi connectivity index (χ2v) is 8.10. The standard InChI is InChI=1S/C19H21NO5S2/c1-4-13-25-16-7-5-15(6-8-16)20(14-19(21)24-2)27(22,23)18-11-9-17(26-3)10-12-18/h4-12H,1,13-14H2,2-3H3. The third-order valence-corrected chi connectivity index (χ3v) is 6.17. The lowest BCUT2D eigenvalue weighted by atomic mass is 10.3. The molecule has 0 fully saturated rings. The number of ether oxygens (including phenoxy) is 2. The van der Waals surface area contributed by atoms with Crippen molar-refractivity contribution in [1.29, 1.82) is 0 Å². The molecule has 0 unspecified atom stereocenters. The fraction of sp³-hybridized carbons (Fsp3) is 0.211. The quantitative estimate of drug-likeness (QED) is 0.361. The smallest absolute Gasteiger partial charge is 0.326 e. The summed E-state index contributed by atoms with van der Waals surface area (Å²) >= 11 is 1.51.